The molecule has 22 heavy (non-hydrogen) atoms. The fraction of sp³-hybridized carbons (Fsp3) is 0.385. The monoisotopic (exact) mass is 344 g/mol. The van der Waals surface area contributed by atoms with Crippen LogP contribution in [0.25, 0.3) is 5.82 Å². The number of carbonyl (C=O) groups is 1. The third kappa shape index (κ3) is 4.40. The predicted molar refractivity (Wildman–Crippen MR) is 87.0 cm³/mol. The van der Waals surface area contributed by atoms with Crippen molar-refractivity contribution < 1.29 is 4.79 Å². The summed E-state index contributed by atoms with van der Waals surface area (Å²) in [4.78, 5) is 20.3. The van der Waals surface area contributed by atoms with Crippen molar-refractivity contribution in [2.45, 2.75) is 18.9 Å². The topological polar surface area (TPSA) is 84.7 Å². The Balaban J connectivity index is 0.00000121. The molecular formula is C13H18Cl2N6O. The Labute approximate surface area is 140 Å². The highest BCUT2D eigenvalue weighted by atomic mass is 35.5. The predicted octanol–water partition coefficient (Wildman–Crippen LogP) is 0.988. The number of hydrogen-bond acceptors (Lipinski definition) is 5. The van der Waals surface area contributed by atoms with Gasteiger partial charge in [-0.1, -0.05) is 0 Å². The van der Waals surface area contributed by atoms with Gasteiger partial charge in [0.1, 0.15) is 12.7 Å². The van der Waals surface area contributed by atoms with Gasteiger partial charge in [-0.05, 0) is 31.5 Å². The lowest BCUT2D eigenvalue weighted by molar-refractivity contribution is 0.0930. The molecule has 1 amide bonds. The van der Waals surface area contributed by atoms with Gasteiger partial charge < -0.3 is 10.6 Å². The molecule has 3 heterocycles. The van der Waals surface area contributed by atoms with Crippen LogP contribution in [0, 0.1) is 0 Å². The molecule has 1 aliphatic heterocycles. The molecule has 0 aliphatic carbocycles. The van der Waals surface area contributed by atoms with E-state index < -0.39 is 0 Å². The van der Waals surface area contributed by atoms with Gasteiger partial charge in [0.25, 0.3) is 5.91 Å². The van der Waals surface area contributed by atoms with Crippen molar-refractivity contribution in [3.63, 3.8) is 0 Å². The van der Waals surface area contributed by atoms with Crippen LogP contribution in [-0.2, 0) is 0 Å². The second kappa shape index (κ2) is 8.67. The fourth-order valence-corrected chi connectivity index (χ4v) is 2.26. The quantitative estimate of drug-likeness (QED) is 0.867. The van der Waals surface area contributed by atoms with Crippen molar-refractivity contribution in [1.82, 2.24) is 30.4 Å². The van der Waals surface area contributed by atoms with Crippen molar-refractivity contribution in [2.75, 3.05) is 13.1 Å². The number of rotatable bonds is 3. The van der Waals surface area contributed by atoms with Gasteiger partial charge in [-0.15, -0.1) is 24.8 Å². The summed E-state index contributed by atoms with van der Waals surface area (Å²) in [6, 6.07) is 3.60. The Morgan fingerprint density at radius 3 is 2.95 bits per heavy atom. The van der Waals surface area contributed by atoms with E-state index >= 15 is 0 Å². The minimum absolute atomic E-state index is 0. The average molecular weight is 345 g/mol. The van der Waals surface area contributed by atoms with E-state index in [9.17, 15) is 4.79 Å². The van der Waals surface area contributed by atoms with Gasteiger partial charge in [-0.2, -0.15) is 5.10 Å². The lowest BCUT2D eigenvalue weighted by Crippen LogP contribution is -2.45. The SMILES string of the molecule is Cl.Cl.O=C(NC1CCCNC1)c1ccnc(-n2cncn2)c1. The standard InChI is InChI=1S/C13H16N6O.2ClH/c20-13(18-11-2-1-4-14-7-11)10-3-5-16-12(6-10)19-9-15-8-17-19;;/h3,5-6,8-9,11,14H,1-2,4,7H2,(H,18,20);2*1H. The molecule has 2 N–H and O–H groups in total. The van der Waals surface area contributed by atoms with Crippen LogP contribution in [0.4, 0.5) is 0 Å². The molecule has 120 valence electrons. The zero-order chi connectivity index (χ0) is 13.8. The Hall–Kier alpha value is -1.70. The maximum Gasteiger partial charge on any atom is 0.251 e. The van der Waals surface area contributed by atoms with Gasteiger partial charge in [-0.3, -0.25) is 4.79 Å². The van der Waals surface area contributed by atoms with E-state index in [1.807, 2.05) is 0 Å². The Morgan fingerprint density at radius 2 is 2.27 bits per heavy atom. The van der Waals surface area contributed by atoms with Crippen LogP contribution in [0.1, 0.15) is 23.2 Å². The number of hydrogen-bond donors (Lipinski definition) is 2. The number of halogens is 2. The van der Waals surface area contributed by atoms with E-state index in [-0.39, 0.29) is 36.8 Å². The first-order chi connectivity index (χ1) is 9.83. The highest BCUT2D eigenvalue weighted by molar-refractivity contribution is 5.94. The highest BCUT2D eigenvalue weighted by Crippen LogP contribution is 2.07. The summed E-state index contributed by atoms with van der Waals surface area (Å²) in [6.07, 6.45) is 6.69. The lowest BCUT2D eigenvalue weighted by Gasteiger charge is -2.23. The maximum atomic E-state index is 12.2. The summed E-state index contributed by atoms with van der Waals surface area (Å²) in [6.45, 7) is 1.85. The molecule has 0 saturated carbocycles. The smallest absolute Gasteiger partial charge is 0.251 e. The molecule has 1 fully saturated rings. The van der Waals surface area contributed by atoms with Gasteiger partial charge >= 0.3 is 0 Å². The van der Waals surface area contributed by atoms with Gasteiger partial charge in [0.2, 0.25) is 0 Å². The van der Waals surface area contributed by atoms with Crippen LogP contribution in [0.2, 0.25) is 0 Å². The van der Waals surface area contributed by atoms with E-state index in [2.05, 4.69) is 25.7 Å². The van der Waals surface area contributed by atoms with Gasteiger partial charge in [0.15, 0.2) is 5.82 Å². The largest absolute Gasteiger partial charge is 0.348 e. The van der Waals surface area contributed by atoms with Crippen molar-refractivity contribution in [2.24, 2.45) is 0 Å². The number of pyridine rings is 1. The second-order valence-corrected chi connectivity index (χ2v) is 4.76. The number of nitrogens with one attached hydrogen (secondary N) is 2. The second-order valence-electron chi connectivity index (χ2n) is 4.76. The van der Waals surface area contributed by atoms with E-state index in [1.54, 1.807) is 24.7 Å². The zero-order valence-electron chi connectivity index (χ0n) is 11.8. The van der Waals surface area contributed by atoms with Crippen molar-refractivity contribution in [3.05, 3.63) is 36.5 Å². The Bertz CT molecular complexity index is 586. The maximum absolute atomic E-state index is 12.2. The van der Waals surface area contributed by atoms with E-state index in [4.69, 9.17) is 0 Å². The molecule has 9 heteroatoms. The molecule has 3 rings (SSSR count). The number of piperidine rings is 1. The van der Waals surface area contributed by atoms with Gasteiger partial charge in [-0.25, -0.2) is 14.6 Å². The number of amides is 1. The van der Waals surface area contributed by atoms with E-state index in [0.29, 0.717) is 11.4 Å². The summed E-state index contributed by atoms with van der Waals surface area (Å²) < 4.78 is 1.53. The first-order valence-corrected chi connectivity index (χ1v) is 6.65. The minimum Gasteiger partial charge on any atom is -0.348 e. The molecule has 1 atom stereocenters. The molecule has 0 spiro atoms. The van der Waals surface area contributed by atoms with Crippen molar-refractivity contribution in [3.8, 4) is 5.82 Å². The van der Waals surface area contributed by atoms with Crippen LogP contribution in [0.3, 0.4) is 0 Å². The summed E-state index contributed by atoms with van der Waals surface area (Å²) in [5, 5.41) is 10.3. The van der Waals surface area contributed by atoms with Crippen LogP contribution in [0.15, 0.2) is 31.0 Å². The normalized spacial score (nSPS) is 17.0. The molecule has 1 unspecified atom stereocenters. The zero-order valence-corrected chi connectivity index (χ0v) is 13.4. The molecule has 2 aromatic rings. The summed E-state index contributed by atoms with van der Waals surface area (Å²) in [7, 11) is 0. The van der Waals surface area contributed by atoms with Crippen molar-refractivity contribution >= 4 is 30.7 Å². The number of aromatic nitrogens is 4. The highest BCUT2D eigenvalue weighted by Gasteiger charge is 2.16. The molecule has 0 aromatic carbocycles. The Morgan fingerprint density at radius 1 is 1.41 bits per heavy atom. The lowest BCUT2D eigenvalue weighted by atomic mass is 10.1. The molecular weight excluding hydrogens is 327 g/mol. The number of nitrogens with zero attached hydrogens (tertiary/aromatic N) is 4. The summed E-state index contributed by atoms with van der Waals surface area (Å²) in [5.41, 5.74) is 0.580. The number of carbonyl (C=O) groups excluding carboxylic acids is 1. The van der Waals surface area contributed by atoms with Crippen LogP contribution >= 0.6 is 24.8 Å². The third-order valence-electron chi connectivity index (χ3n) is 3.29. The Kier molecular flexibility index (Phi) is 7.23. The van der Waals surface area contributed by atoms with Crippen LogP contribution < -0.4 is 10.6 Å². The first-order valence-electron chi connectivity index (χ1n) is 6.65. The first kappa shape index (κ1) is 18.3. The molecule has 1 aliphatic rings. The van der Waals surface area contributed by atoms with E-state index in [1.165, 1.54) is 11.0 Å². The van der Waals surface area contributed by atoms with Crippen LogP contribution in [-0.4, -0.2) is 44.8 Å². The van der Waals surface area contributed by atoms with Gasteiger partial charge in [0, 0.05) is 24.3 Å². The third-order valence-corrected chi connectivity index (χ3v) is 3.29. The molecule has 0 radical (unpaired) electrons. The fourth-order valence-electron chi connectivity index (χ4n) is 2.26. The summed E-state index contributed by atoms with van der Waals surface area (Å²) >= 11 is 0. The van der Waals surface area contributed by atoms with Gasteiger partial charge in [0.05, 0.1) is 0 Å². The molecule has 1 saturated heterocycles. The minimum atomic E-state index is -0.0811. The van der Waals surface area contributed by atoms with E-state index in [0.717, 1.165) is 25.9 Å². The van der Waals surface area contributed by atoms with Crippen molar-refractivity contribution in [1.29, 1.82) is 0 Å². The average Bonchev–Trinajstić information content (AvgIpc) is 3.03. The molecule has 2 aromatic heterocycles. The molecule has 7 nitrogen and oxygen atoms in total. The van der Waals surface area contributed by atoms with Crippen LogP contribution in [0.5, 0.6) is 0 Å². The molecule has 0 bridgehead atoms. The summed E-state index contributed by atoms with van der Waals surface area (Å²) in [5.74, 6) is 0.499.